The van der Waals surface area contributed by atoms with Gasteiger partial charge in [0.25, 0.3) is 11.6 Å². The first-order chi connectivity index (χ1) is 10.5. The summed E-state index contributed by atoms with van der Waals surface area (Å²) in [5, 5.41) is 11.0. The number of amides is 1. The molecule has 1 atom stereocenters. The fourth-order valence-corrected chi connectivity index (χ4v) is 2.66. The van der Waals surface area contributed by atoms with Crippen LogP contribution in [0.5, 0.6) is 0 Å². The molecule has 1 heterocycles. The molecule has 7 nitrogen and oxygen atoms in total. The van der Waals surface area contributed by atoms with Crippen LogP contribution in [0.1, 0.15) is 35.2 Å². The number of carbonyl (C=O) groups excluding carboxylic acids is 2. The van der Waals surface area contributed by atoms with Gasteiger partial charge in [0.2, 0.25) is 0 Å². The topological polar surface area (TPSA) is 89.8 Å². The lowest BCUT2D eigenvalue weighted by Crippen LogP contribution is -2.48. The molecule has 1 aromatic rings. The number of esters is 1. The largest absolute Gasteiger partial charge is 0.467 e. The van der Waals surface area contributed by atoms with Crippen LogP contribution in [0.3, 0.4) is 0 Å². The van der Waals surface area contributed by atoms with E-state index in [0.717, 1.165) is 12.8 Å². The molecular weight excluding hydrogens is 288 g/mol. The molecule has 7 heteroatoms. The standard InChI is InChI=1S/C15H18N2O5/c1-10-6-7-11(9-13(10)17(20)21)14(18)16-8-4-3-5-12(16)15(19)22-2/h6-7,9,12H,3-5,8H2,1-2H3/t12-/m0/s1. The van der Waals surface area contributed by atoms with E-state index in [2.05, 4.69) is 0 Å². The Labute approximate surface area is 128 Å². The maximum absolute atomic E-state index is 12.6. The van der Waals surface area contributed by atoms with E-state index >= 15 is 0 Å². The molecule has 118 valence electrons. The number of hydrogen-bond donors (Lipinski definition) is 0. The monoisotopic (exact) mass is 306 g/mol. The number of methoxy groups -OCH3 is 1. The molecule has 0 unspecified atom stereocenters. The zero-order valence-corrected chi connectivity index (χ0v) is 12.6. The molecule has 0 N–H and O–H groups in total. The van der Waals surface area contributed by atoms with Crippen LogP contribution in [-0.2, 0) is 9.53 Å². The van der Waals surface area contributed by atoms with Gasteiger partial charge in [0, 0.05) is 23.7 Å². The highest BCUT2D eigenvalue weighted by atomic mass is 16.6. The average Bonchev–Trinajstić information content (AvgIpc) is 2.53. The fraction of sp³-hybridized carbons (Fsp3) is 0.467. The van der Waals surface area contributed by atoms with Crippen LogP contribution < -0.4 is 0 Å². The number of nitro groups is 1. The van der Waals surface area contributed by atoms with Crippen LogP contribution in [-0.4, -0.2) is 41.4 Å². The molecule has 1 amide bonds. The van der Waals surface area contributed by atoms with Gasteiger partial charge in [-0.05, 0) is 32.3 Å². The molecule has 0 aliphatic carbocycles. The number of piperidine rings is 1. The highest BCUT2D eigenvalue weighted by Gasteiger charge is 2.33. The maximum Gasteiger partial charge on any atom is 0.328 e. The third kappa shape index (κ3) is 3.08. The fourth-order valence-electron chi connectivity index (χ4n) is 2.66. The summed E-state index contributed by atoms with van der Waals surface area (Å²) in [5.41, 5.74) is 0.607. The minimum atomic E-state index is -0.619. The summed E-state index contributed by atoms with van der Waals surface area (Å²) in [6, 6.07) is 3.74. The number of likely N-dealkylation sites (tertiary alicyclic amines) is 1. The van der Waals surface area contributed by atoms with Gasteiger partial charge in [0.15, 0.2) is 0 Å². The van der Waals surface area contributed by atoms with Crippen LogP contribution in [0, 0.1) is 17.0 Å². The van der Waals surface area contributed by atoms with Gasteiger partial charge < -0.3 is 9.64 Å². The van der Waals surface area contributed by atoms with E-state index in [1.165, 1.54) is 18.1 Å². The molecule has 1 aliphatic heterocycles. The number of nitrogens with zero attached hydrogens (tertiary/aromatic N) is 2. The third-order valence-corrected chi connectivity index (χ3v) is 3.89. The van der Waals surface area contributed by atoms with Crippen LogP contribution in [0.2, 0.25) is 0 Å². The zero-order chi connectivity index (χ0) is 16.3. The van der Waals surface area contributed by atoms with Crippen molar-refractivity contribution in [2.75, 3.05) is 13.7 Å². The van der Waals surface area contributed by atoms with Crippen molar-refractivity contribution >= 4 is 17.6 Å². The van der Waals surface area contributed by atoms with E-state index in [1.807, 2.05) is 0 Å². The molecule has 0 bridgehead atoms. The molecule has 2 rings (SSSR count). The van der Waals surface area contributed by atoms with Gasteiger partial charge in [-0.1, -0.05) is 6.07 Å². The number of nitro benzene ring substituents is 1. The Bertz CT molecular complexity index is 614. The van der Waals surface area contributed by atoms with E-state index in [0.29, 0.717) is 18.5 Å². The number of ether oxygens (including phenoxy) is 1. The molecule has 1 fully saturated rings. The SMILES string of the molecule is COC(=O)[C@@H]1CCCCN1C(=O)c1ccc(C)c([N+](=O)[O-])c1. The number of aryl methyl sites for hydroxylation is 1. The Hall–Kier alpha value is -2.44. The second kappa shape index (κ2) is 6.55. The summed E-state index contributed by atoms with van der Waals surface area (Å²) < 4.78 is 4.75. The second-order valence-electron chi connectivity index (χ2n) is 5.29. The molecule has 1 aromatic carbocycles. The van der Waals surface area contributed by atoms with Crippen molar-refractivity contribution in [3.05, 3.63) is 39.4 Å². The van der Waals surface area contributed by atoms with Crippen molar-refractivity contribution in [3.63, 3.8) is 0 Å². The molecule has 0 radical (unpaired) electrons. The lowest BCUT2D eigenvalue weighted by molar-refractivity contribution is -0.385. The normalized spacial score (nSPS) is 17.9. The minimum absolute atomic E-state index is 0.0996. The zero-order valence-electron chi connectivity index (χ0n) is 12.6. The van der Waals surface area contributed by atoms with Gasteiger partial charge >= 0.3 is 5.97 Å². The predicted molar refractivity (Wildman–Crippen MR) is 78.5 cm³/mol. The summed E-state index contributed by atoms with van der Waals surface area (Å²) in [6.45, 7) is 2.06. The number of carbonyl (C=O) groups is 2. The maximum atomic E-state index is 12.6. The Morgan fingerprint density at radius 3 is 2.73 bits per heavy atom. The summed E-state index contributed by atoms with van der Waals surface area (Å²) in [5.74, 6) is -0.826. The van der Waals surface area contributed by atoms with E-state index in [9.17, 15) is 19.7 Å². The van der Waals surface area contributed by atoms with Crippen molar-refractivity contribution in [2.24, 2.45) is 0 Å². The quantitative estimate of drug-likeness (QED) is 0.484. The molecule has 22 heavy (non-hydrogen) atoms. The van der Waals surface area contributed by atoms with E-state index in [4.69, 9.17) is 4.74 Å². The van der Waals surface area contributed by atoms with Crippen LogP contribution in [0.15, 0.2) is 18.2 Å². The molecule has 0 aromatic heterocycles. The number of hydrogen-bond acceptors (Lipinski definition) is 5. The summed E-state index contributed by atoms with van der Waals surface area (Å²) >= 11 is 0. The van der Waals surface area contributed by atoms with Crippen molar-refractivity contribution in [3.8, 4) is 0 Å². The van der Waals surface area contributed by atoms with Gasteiger partial charge in [0.05, 0.1) is 12.0 Å². The first kappa shape index (κ1) is 15.9. The molecule has 0 saturated carbocycles. The average molecular weight is 306 g/mol. The van der Waals surface area contributed by atoms with E-state index in [-0.39, 0.29) is 17.2 Å². The van der Waals surface area contributed by atoms with Gasteiger partial charge in [-0.2, -0.15) is 0 Å². The predicted octanol–water partition coefficient (Wildman–Crippen LogP) is 2.07. The van der Waals surface area contributed by atoms with Crippen molar-refractivity contribution in [2.45, 2.75) is 32.2 Å². The van der Waals surface area contributed by atoms with Crippen molar-refractivity contribution in [1.29, 1.82) is 0 Å². The van der Waals surface area contributed by atoms with Gasteiger partial charge in [-0.15, -0.1) is 0 Å². The Morgan fingerprint density at radius 2 is 2.09 bits per heavy atom. The summed E-state index contributed by atoms with van der Waals surface area (Å²) in [4.78, 5) is 36.4. The Balaban J connectivity index is 2.31. The highest BCUT2D eigenvalue weighted by Crippen LogP contribution is 2.24. The summed E-state index contributed by atoms with van der Waals surface area (Å²) in [6.07, 6.45) is 2.19. The smallest absolute Gasteiger partial charge is 0.328 e. The van der Waals surface area contributed by atoms with Crippen LogP contribution in [0.4, 0.5) is 5.69 Å². The highest BCUT2D eigenvalue weighted by molar-refractivity contribution is 5.97. The first-order valence-electron chi connectivity index (χ1n) is 7.09. The summed E-state index contributed by atoms with van der Waals surface area (Å²) in [7, 11) is 1.29. The van der Waals surface area contributed by atoms with E-state index in [1.54, 1.807) is 19.1 Å². The van der Waals surface area contributed by atoms with Crippen LogP contribution in [0.25, 0.3) is 0 Å². The lowest BCUT2D eigenvalue weighted by atomic mass is 10.00. The molecule has 1 aliphatic rings. The molecule has 0 spiro atoms. The lowest BCUT2D eigenvalue weighted by Gasteiger charge is -2.33. The van der Waals surface area contributed by atoms with Gasteiger partial charge in [0.1, 0.15) is 6.04 Å². The van der Waals surface area contributed by atoms with Crippen molar-refractivity contribution in [1.82, 2.24) is 4.90 Å². The van der Waals surface area contributed by atoms with Gasteiger partial charge in [-0.3, -0.25) is 14.9 Å². The number of benzene rings is 1. The van der Waals surface area contributed by atoms with Crippen LogP contribution >= 0.6 is 0 Å². The molecular formula is C15H18N2O5. The Kier molecular flexibility index (Phi) is 4.75. The Morgan fingerprint density at radius 1 is 1.36 bits per heavy atom. The minimum Gasteiger partial charge on any atom is -0.467 e. The number of rotatable bonds is 3. The first-order valence-corrected chi connectivity index (χ1v) is 7.09. The molecule has 1 saturated heterocycles. The van der Waals surface area contributed by atoms with E-state index < -0.39 is 16.9 Å². The van der Waals surface area contributed by atoms with Crippen molar-refractivity contribution < 1.29 is 19.2 Å². The van der Waals surface area contributed by atoms with Gasteiger partial charge in [-0.25, -0.2) is 4.79 Å². The second-order valence-corrected chi connectivity index (χ2v) is 5.29. The third-order valence-electron chi connectivity index (χ3n) is 3.89.